The molecule has 0 N–H and O–H groups in total. The molecule has 0 unspecified atom stereocenters. The van der Waals surface area contributed by atoms with Crippen LogP contribution in [0.5, 0.6) is 0 Å². The topological polar surface area (TPSA) is 72.7 Å². The van der Waals surface area contributed by atoms with Crippen molar-refractivity contribution >= 4 is 11.6 Å². The van der Waals surface area contributed by atoms with E-state index in [1.54, 1.807) is 24.1 Å². The highest BCUT2D eigenvalue weighted by atomic mass is 16.6. The van der Waals surface area contributed by atoms with Gasteiger partial charge in [0.2, 0.25) is 5.91 Å². The fourth-order valence-electron chi connectivity index (χ4n) is 1.70. The minimum absolute atomic E-state index is 0.0500. The summed E-state index contributed by atoms with van der Waals surface area (Å²) in [5.41, 5.74) is 0.893. The van der Waals surface area contributed by atoms with Gasteiger partial charge in [-0.05, 0) is 17.7 Å². The Morgan fingerprint density at radius 1 is 1.41 bits per heavy atom. The molecule has 1 aromatic rings. The van der Waals surface area contributed by atoms with Gasteiger partial charge in [-0.2, -0.15) is 0 Å². The van der Waals surface area contributed by atoms with Gasteiger partial charge in [0, 0.05) is 19.2 Å². The maximum atomic E-state index is 11.2. The van der Waals surface area contributed by atoms with Gasteiger partial charge in [-0.1, -0.05) is 0 Å². The van der Waals surface area contributed by atoms with Crippen molar-refractivity contribution in [2.45, 2.75) is 6.10 Å². The fourth-order valence-corrected chi connectivity index (χ4v) is 1.70. The molecule has 1 aliphatic heterocycles. The van der Waals surface area contributed by atoms with Crippen molar-refractivity contribution in [2.24, 2.45) is 0 Å². The summed E-state index contributed by atoms with van der Waals surface area (Å²) in [5.74, 6) is -0.0526. The molecular formula is C11H12N2O4. The van der Waals surface area contributed by atoms with Crippen LogP contribution in [0.2, 0.25) is 0 Å². The molecular weight excluding hydrogens is 224 g/mol. The summed E-state index contributed by atoms with van der Waals surface area (Å²) >= 11 is 0. The average Bonchev–Trinajstić information content (AvgIpc) is 2.33. The molecule has 1 saturated heterocycles. The van der Waals surface area contributed by atoms with Crippen molar-refractivity contribution < 1.29 is 14.5 Å². The van der Waals surface area contributed by atoms with Crippen LogP contribution in [0.15, 0.2) is 24.3 Å². The molecule has 0 aromatic heterocycles. The number of nitro groups is 1. The summed E-state index contributed by atoms with van der Waals surface area (Å²) in [4.78, 5) is 22.9. The molecule has 1 aliphatic rings. The summed E-state index contributed by atoms with van der Waals surface area (Å²) in [6, 6.07) is 6.20. The highest BCUT2D eigenvalue weighted by molar-refractivity contribution is 5.77. The van der Waals surface area contributed by atoms with E-state index in [9.17, 15) is 14.9 Å². The number of ether oxygens (including phenoxy) is 1. The zero-order chi connectivity index (χ0) is 12.4. The van der Waals surface area contributed by atoms with E-state index < -0.39 is 4.92 Å². The van der Waals surface area contributed by atoms with Crippen molar-refractivity contribution in [2.75, 3.05) is 20.2 Å². The first-order valence-electron chi connectivity index (χ1n) is 5.18. The molecule has 1 fully saturated rings. The molecule has 6 nitrogen and oxygen atoms in total. The van der Waals surface area contributed by atoms with E-state index in [0.717, 1.165) is 5.56 Å². The van der Waals surface area contributed by atoms with Crippen LogP contribution in [0.3, 0.4) is 0 Å². The van der Waals surface area contributed by atoms with E-state index in [1.807, 2.05) is 0 Å². The van der Waals surface area contributed by atoms with Crippen molar-refractivity contribution in [3.63, 3.8) is 0 Å². The van der Waals surface area contributed by atoms with Crippen molar-refractivity contribution in [3.8, 4) is 0 Å². The maximum Gasteiger partial charge on any atom is 0.269 e. The third-order valence-corrected chi connectivity index (χ3v) is 2.75. The Kier molecular flexibility index (Phi) is 3.06. The van der Waals surface area contributed by atoms with Crippen LogP contribution in [-0.2, 0) is 9.53 Å². The summed E-state index contributed by atoms with van der Waals surface area (Å²) in [6.45, 7) is 0.523. The molecule has 0 aliphatic carbocycles. The second kappa shape index (κ2) is 4.50. The highest BCUT2D eigenvalue weighted by Gasteiger charge is 2.24. The number of benzene rings is 1. The highest BCUT2D eigenvalue weighted by Crippen LogP contribution is 2.23. The number of rotatable bonds is 2. The van der Waals surface area contributed by atoms with Gasteiger partial charge in [0.15, 0.2) is 0 Å². The molecule has 2 rings (SSSR count). The lowest BCUT2D eigenvalue weighted by Gasteiger charge is -2.30. The van der Waals surface area contributed by atoms with Crippen molar-refractivity contribution in [3.05, 3.63) is 39.9 Å². The SMILES string of the molecule is CN1C[C@@H](c2ccc([N+](=O)[O-])cc2)OCC1=O. The summed E-state index contributed by atoms with van der Waals surface area (Å²) < 4.78 is 5.39. The van der Waals surface area contributed by atoms with Gasteiger partial charge in [0.25, 0.3) is 5.69 Å². The summed E-state index contributed by atoms with van der Waals surface area (Å²) in [6.07, 6.45) is -0.210. The number of non-ortho nitro benzene ring substituents is 1. The zero-order valence-electron chi connectivity index (χ0n) is 9.33. The lowest BCUT2D eigenvalue weighted by molar-refractivity contribution is -0.384. The fraction of sp³-hybridized carbons (Fsp3) is 0.364. The molecule has 1 atom stereocenters. The van der Waals surface area contributed by atoms with Gasteiger partial charge in [-0.3, -0.25) is 14.9 Å². The van der Waals surface area contributed by atoms with Crippen LogP contribution >= 0.6 is 0 Å². The molecule has 1 amide bonds. The molecule has 1 heterocycles. The smallest absolute Gasteiger partial charge is 0.269 e. The van der Waals surface area contributed by atoms with Gasteiger partial charge < -0.3 is 9.64 Å². The molecule has 0 spiro atoms. The Morgan fingerprint density at radius 2 is 2.06 bits per heavy atom. The molecule has 90 valence electrons. The molecule has 0 bridgehead atoms. The van der Waals surface area contributed by atoms with E-state index in [1.165, 1.54) is 12.1 Å². The first-order chi connectivity index (χ1) is 8.08. The molecule has 1 aromatic carbocycles. The largest absolute Gasteiger partial charge is 0.362 e. The number of morpholine rings is 1. The number of hydrogen-bond donors (Lipinski definition) is 0. The molecule has 17 heavy (non-hydrogen) atoms. The Labute approximate surface area is 97.9 Å². The number of nitro benzene ring substituents is 1. The van der Waals surface area contributed by atoms with Crippen LogP contribution < -0.4 is 0 Å². The molecule has 0 radical (unpaired) electrons. The monoisotopic (exact) mass is 236 g/mol. The van der Waals surface area contributed by atoms with E-state index >= 15 is 0 Å². The number of nitrogens with zero attached hydrogens (tertiary/aromatic N) is 2. The standard InChI is InChI=1S/C11H12N2O4/c1-12-6-10(17-7-11(12)14)8-2-4-9(5-3-8)13(15)16/h2-5,10H,6-7H2,1H3/t10-/m0/s1. The quantitative estimate of drug-likeness (QED) is 0.569. The molecule has 0 saturated carbocycles. The van der Waals surface area contributed by atoms with Gasteiger partial charge in [-0.25, -0.2) is 0 Å². The summed E-state index contributed by atoms with van der Waals surface area (Å²) in [7, 11) is 1.71. The second-order valence-electron chi connectivity index (χ2n) is 3.92. The number of carbonyl (C=O) groups is 1. The van der Waals surface area contributed by atoms with Crippen LogP contribution in [0.4, 0.5) is 5.69 Å². The van der Waals surface area contributed by atoms with E-state index in [4.69, 9.17) is 4.74 Å². The van der Waals surface area contributed by atoms with Crippen molar-refractivity contribution in [1.29, 1.82) is 0 Å². The molecule has 6 heteroatoms. The number of amides is 1. The van der Waals surface area contributed by atoms with Crippen LogP contribution in [0.25, 0.3) is 0 Å². The minimum atomic E-state index is -0.443. The van der Waals surface area contributed by atoms with Gasteiger partial charge >= 0.3 is 0 Å². The van der Waals surface area contributed by atoms with Gasteiger partial charge in [0.05, 0.1) is 11.5 Å². The summed E-state index contributed by atoms with van der Waals surface area (Å²) in [5, 5.41) is 10.5. The predicted octanol–water partition coefficient (Wildman–Crippen LogP) is 1.12. The number of likely N-dealkylation sites (N-methyl/N-ethyl adjacent to an activating group) is 1. The lowest BCUT2D eigenvalue weighted by Crippen LogP contribution is -2.40. The third kappa shape index (κ3) is 2.42. The Hall–Kier alpha value is -1.95. The van der Waals surface area contributed by atoms with E-state index in [-0.39, 0.29) is 24.3 Å². The predicted molar refractivity (Wildman–Crippen MR) is 59.4 cm³/mol. The number of hydrogen-bond acceptors (Lipinski definition) is 4. The van der Waals surface area contributed by atoms with Crippen molar-refractivity contribution in [1.82, 2.24) is 4.90 Å². The normalized spacial score (nSPS) is 20.4. The van der Waals surface area contributed by atoms with Crippen LogP contribution in [0, 0.1) is 10.1 Å². The second-order valence-corrected chi connectivity index (χ2v) is 3.92. The van der Waals surface area contributed by atoms with Crippen LogP contribution in [0.1, 0.15) is 11.7 Å². The van der Waals surface area contributed by atoms with E-state index in [2.05, 4.69) is 0 Å². The zero-order valence-corrected chi connectivity index (χ0v) is 9.33. The third-order valence-electron chi connectivity index (χ3n) is 2.75. The van der Waals surface area contributed by atoms with E-state index in [0.29, 0.717) is 6.54 Å². The number of carbonyl (C=O) groups excluding carboxylic acids is 1. The lowest BCUT2D eigenvalue weighted by atomic mass is 10.1. The first kappa shape index (κ1) is 11.5. The minimum Gasteiger partial charge on any atom is -0.362 e. The Bertz CT molecular complexity index is 443. The maximum absolute atomic E-state index is 11.2. The van der Waals surface area contributed by atoms with Crippen LogP contribution in [-0.4, -0.2) is 35.9 Å². The van der Waals surface area contributed by atoms with Gasteiger partial charge in [-0.15, -0.1) is 0 Å². The first-order valence-corrected chi connectivity index (χ1v) is 5.18. The average molecular weight is 236 g/mol. The Morgan fingerprint density at radius 3 is 2.59 bits per heavy atom. The van der Waals surface area contributed by atoms with Gasteiger partial charge in [0.1, 0.15) is 12.7 Å². The Balaban J connectivity index is 2.12.